The maximum atomic E-state index is 12.9. The number of fused-ring (bicyclic) bond motifs is 1. The maximum absolute atomic E-state index is 12.9. The first-order chi connectivity index (χ1) is 10.2. The normalized spacial score (nSPS) is 43.1. The van der Waals surface area contributed by atoms with Gasteiger partial charge < -0.3 is 4.74 Å². The number of ketones is 1. The summed E-state index contributed by atoms with van der Waals surface area (Å²) in [5.41, 5.74) is -1.01. The Hall–Kier alpha value is -0.860. The average Bonchev–Trinajstić information content (AvgIpc) is 2.72. The van der Waals surface area contributed by atoms with Crippen molar-refractivity contribution < 1.29 is 14.3 Å². The fourth-order valence-corrected chi connectivity index (χ4v) is 5.47. The molecule has 0 heterocycles. The third-order valence-electron chi connectivity index (χ3n) is 6.97. The summed E-state index contributed by atoms with van der Waals surface area (Å²) in [5.74, 6) is 1.68. The van der Waals surface area contributed by atoms with Crippen LogP contribution in [0.4, 0.5) is 0 Å². The molecule has 0 amide bonds. The molecule has 3 rings (SSSR count). The van der Waals surface area contributed by atoms with Gasteiger partial charge in [0, 0.05) is 6.42 Å². The summed E-state index contributed by atoms with van der Waals surface area (Å²) in [5, 5.41) is 0. The number of hydrogen-bond donors (Lipinski definition) is 0. The van der Waals surface area contributed by atoms with Crippen molar-refractivity contribution in [2.45, 2.75) is 72.8 Å². The van der Waals surface area contributed by atoms with Crippen molar-refractivity contribution >= 4 is 11.8 Å². The van der Waals surface area contributed by atoms with Gasteiger partial charge in [0.15, 0.2) is 5.78 Å². The van der Waals surface area contributed by atoms with Gasteiger partial charge in [0.05, 0.1) is 0 Å². The SMILES string of the molecule is CC(C)[C@@H]1CC[C@H](C)C[C@H]1OC(=O)C12C(=O)CCC1C2(C)C. The molecule has 0 spiro atoms. The van der Waals surface area contributed by atoms with Crippen molar-refractivity contribution in [3.63, 3.8) is 0 Å². The average molecular weight is 306 g/mol. The first-order valence-electron chi connectivity index (χ1n) is 8.97. The molecule has 0 saturated heterocycles. The lowest BCUT2D eigenvalue weighted by atomic mass is 9.75. The number of carbonyl (C=O) groups is 2. The minimum Gasteiger partial charge on any atom is -0.461 e. The van der Waals surface area contributed by atoms with Crippen molar-refractivity contribution in [2.24, 2.45) is 34.5 Å². The largest absolute Gasteiger partial charge is 0.461 e. The molecule has 3 heteroatoms. The molecule has 3 saturated carbocycles. The number of esters is 1. The Morgan fingerprint density at radius 1 is 1.23 bits per heavy atom. The number of carbonyl (C=O) groups excluding carboxylic acids is 2. The summed E-state index contributed by atoms with van der Waals surface area (Å²) < 4.78 is 6.01. The second kappa shape index (κ2) is 5.07. The molecule has 3 nitrogen and oxygen atoms in total. The number of rotatable bonds is 3. The zero-order valence-electron chi connectivity index (χ0n) is 14.6. The van der Waals surface area contributed by atoms with E-state index in [2.05, 4.69) is 34.6 Å². The van der Waals surface area contributed by atoms with Crippen LogP contribution in [0.5, 0.6) is 0 Å². The van der Waals surface area contributed by atoms with Gasteiger partial charge in [0.25, 0.3) is 0 Å². The molecule has 0 aromatic rings. The minimum atomic E-state index is -0.810. The van der Waals surface area contributed by atoms with Crippen LogP contribution in [-0.4, -0.2) is 17.9 Å². The number of ether oxygens (including phenoxy) is 1. The molecule has 3 fully saturated rings. The topological polar surface area (TPSA) is 43.4 Å². The number of Topliss-reactive ketones (excluding diaryl/α,β-unsaturated/α-hetero) is 1. The molecule has 0 N–H and O–H groups in total. The van der Waals surface area contributed by atoms with E-state index in [1.165, 1.54) is 6.42 Å². The molecule has 0 aromatic carbocycles. The fraction of sp³-hybridized carbons (Fsp3) is 0.895. The van der Waals surface area contributed by atoms with Gasteiger partial charge in [-0.3, -0.25) is 9.59 Å². The van der Waals surface area contributed by atoms with Gasteiger partial charge in [-0.25, -0.2) is 0 Å². The van der Waals surface area contributed by atoms with E-state index in [9.17, 15) is 9.59 Å². The van der Waals surface area contributed by atoms with E-state index in [0.717, 1.165) is 19.3 Å². The second-order valence-electron chi connectivity index (χ2n) is 8.81. The van der Waals surface area contributed by atoms with Crippen LogP contribution >= 0.6 is 0 Å². The van der Waals surface area contributed by atoms with E-state index in [-0.39, 0.29) is 29.2 Å². The molecular weight excluding hydrogens is 276 g/mol. The van der Waals surface area contributed by atoms with Crippen molar-refractivity contribution in [3.05, 3.63) is 0 Å². The van der Waals surface area contributed by atoms with E-state index in [4.69, 9.17) is 4.74 Å². The highest BCUT2D eigenvalue weighted by molar-refractivity contribution is 6.10. The highest BCUT2D eigenvalue weighted by Crippen LogP contribution is 2.75. The zero-order chi connectivity index (χ0) is 16.3. The lowest BCUT2D eigenvalue weighted by Gasteiger charge is -2.37. The van der Waals surface area contributed by atoms with Gasteiger partial charge in [0.1, 0.15) is 11.5 Å². The summed E-state index contributed by atoms with van der Waals surface area (Å²) in [7, 11) is 0. The summed E-state index contributed by atoms with van der Waals surface area (Å²) in [6.45, 7) is 10.8. The summed E-state index contributed by atoms with van der Waals surface area (Å²) in [6.07, 6.45) is 4.70. The lowest BCUT2D eigenvalue weighted by Crippen LogP contribution is -2.40. The molecule has 3 aliphatic rings. The second-order valence-corrected chi connectivity index (χ2v) is 8.81. The van der Waals surface area contributed by atoms with E-state index >= 15 is 0 Å². The third-order valence-corrected chi connectivity index (χ3v) is 6.97. The molecule has 0 radical (unpaired) electrons. The molecule has 0 bridgehead atoms. The van der Waals surface area contributed by atoms with Gasteiger partial charge in [-0.1, -0.05) is 41.0 Å². The molecule has 0 aromatic heterocycles. The van der Waals surface area contributed by atoms with Gasteiger partial charge >= 0.3 is 5.97 Å². The Labute approximate surface area is 134 Å². The van der Waals surface area contributed by atoms with E-state index < -0.39 is 5.41 Å². The molecule has 22 heavy (non-hydrogen) atoms. The van der Waals surface area contributed by atoms with Gasteiger partial charge in [-0.15, -0.1) is 0 Å². The van der Waals surface area contributed by atoms with E-state index in [1.54, 1.807) is 0 Å². The van der Waals surface area contributed by atoms with Gasteiger partial charge in [-0.2, -0.15) is 0 Å². The monoisotopic (exact) mass is 306 g/mol. The summed E-state index contributed by atoms with van der Waals surface area (Å²) in [4.78, 5) is 25.4. The number of hydrogen-bond acceptors (Lipinski definition) is 3. The molecule has 2 unspecified atom stereocenters. The predicted molar refractivity (Wildman–Crippen MR) is 85.2 cm³/mol. The molecule has 3 aliphatic carbocycles. The Kier molecular flexibility index (Phi) is 3.69. The highest BCUT2D eigenvalue weighted by atomic mass is 16.5. The summed E-state index contributed by atoms with van der Waals surface area (Å²) >= 11 is 0. The van der Waals surface area contributed by atoms with Crippen molar-refractivity contribution in [1.82, 2.24) is 0 Å². The maximum Gasteiger partial charge on any atom is 0.320 e. The van der Waals surface area contributed by atoms with Gasteiger partial charge in [0.2, 0.25) is 0 Å². The fourth-order valence-electron chi connectivity index (χ4n) is 5.47. The first kappa shape index (κ1) is 16.0. The minimum absolute atomic E-state index is 0.00363. The van der Waals surface area contributed by atoms with Crippen molar-refractivity contribution in [2.75, 3.05) is 0 Å². The smallest absolute Gasteiger partial charge is 0.320 e. The third kappa shape index (κ3) is 2.00. The van der Waals surface area contributed by atoms with Crippen LogP contribution in [0.25, 0.3) is 0 Å². The molecule has 0 aliphatic heterocycles. The molecule has 5 atom stereocenters. The van der Waals surface area contributed by atoms with Crippen molar-refractivity contribution in [1.29, 1.82) is 0 Å². The van der Waals surface area contributed by atoms with Crippen LogP contribution in [0.15, 0.2) is 0 Å². The highest BCUT2D eigenvalue weighted by Gasteiger charge is 2.82. The molecule has 124 valence electrons. The quantitative estimate of drug-likeness (QED) is 0.585. The Morgan fingerprint density at radius 3 is 2.45 bits per heavy atom. The lowest BCUT2D eigenvalue weighted by molar-refractivity contribution is -0.166. The Morgan fingerprint density at radius 2 is 1.91 bits per heavy atom. The van der Waals surface area contributed by atoms with Crippen LogP contribution in [0.2, 0.25) is 0 Å². The van der Waals surface area contributed by atoms with Crippen LogP contribution in [0.1, 0.15) is 66.7 Å². The Bertz CT molecular complexity index is 493. The van der Waals surface area contributed by atoms with E-state index in [0.29, 0.717) is 24.2 Å². The zero-order valence-corrected chi connectivity index (χ0v) is 14.6. The Balaban J connectivity index is 1.77. The van der Waals surface area contributed by atoms with Crippen LogP contribution in [0, 0.1) is 34.5 Å². The molecular formula is C19H30O3. The standard InChI is InChI=1S/C19H30O3/c1-11(2)13-7-6-12(3)10-14(13)22-17(21)19-15(18(19,4)5)8-9-16(19)20/h11-15H,6-10H2,1-5H3/t12-,13-,14+,15?,19?/m0/s1. The van der Waals surface area contributed by atoms with Crippen LogP contribution in [-0.2, 0) is 14.3 Å². The van der Waals surface area contributed by atoms with Crippen LogP contribution < -0.4 is 0 Å². The van der Waals surface area contributed by atoms with Crippen LogP contribution in [0.3, 0.4) is 0 Å². The predicted octanol–water partition coefficient (Wildman–Crippen LogP) is 4.00. The van der Waals surface area contributed by atoms with Gasteiger partial charge in [-0.05, 0) is 48.3 Å². The first-order valence-corrected chi connectivity index (χ1v) is 8.97. The van der Waals surface area contributed by atoms with Crippen molar-refractivity contribution in [3.8, 4) is 0 Å². The summed E-state index contributed by atoms with van der Waals surface area (Å²) in [6, 6.07) is 0. The van der Waals surface area contributed by atoms with E-state index in [1.807, 2.05) is 0 Å².